The first kappa shape index (κ1) is 14.4. The van der Waals surface area contributed by atoms with Crippen LogP contribution in [0.25, 0.3) is 0 Å². The maximum atomic E-state index is 8.81. The second-order valence-corrected chi connectivity index (χ2v) is 4.30. The first-order chi connectivity index (χ1) is 7.33. The normalized spacial score (nSPS) is 12.9. The summed E-state index contributed by atoms with van der Waals surface area (Å²) in [6, 6.07) is 0. The van der Waals surface area contributed by atoms with Crippen molar-refractivity contribution in [3.05, 3.63) is 36.6 Å². The second kappa shape index (κ2) is 6.77. The fourth-order valence-electron chi connectivity index (χ4n) is 0.909. The number of allylic oxidation sites excluding steroid dienone is 3. The predicted molar refractivity (Wildman–Crippen MR) is 70.5 cm³/mol. The van der Waals surface area contributed by atoms with E-state index in [2.05, 4.69) is 18.3 Å². The van der Waals surface area contributed by atoms with E-state index in [0.717, 1.165) is 6.42 Å². The molecule has 0 aromatic carbocycles. The van der Waals surface area contributed by atoms with Gasteiger partial charge in [-0.25, -0.2) is 4.58 Å². The van der Waals surface area contributed by atoms with E-state index in [1.54, 1.807) is 17.0 Å². The lowest BCUT2D eigenvalue weighted by molar-refractivity contribution is -0.350. The lowest BCUT2D eigenvalue weighted by atomic mass is 10.0. The van der Waals surface area contributed by atoms with Crippen molar-refractivity contribution in [1.29, 1.82) is 0 Å². The summed E-state index contributed by atoms with van der Waals surface area (Å²) in [6.45, 7) is 11.1. The summed E-state index contributed by atoms with van der Waals surface area (Å²) < 4.78 is 1.67. The lowest BCUT2D eigenvalue weighted by Gasteiger charge is -2.09. The van der Waals surface area contributed by atoms with E-state index in [-0.39, 0.29) is 11.3 Å². The van der Waals surface area contributed by atoms with E-state index in [9.17, 15) is 0 Å². The van der Waals surface area contributed by atoms with Crippen molar-refractivity contribution in [1.82, 2.24) is 0 Å². The minimum absolute atomic E-state index is 0.0561. The smallest absolute Gasteiger partial charge is 0.279 e. The van der Waals surface area contributed by atoms with Crippen LogP contribution in [0.5, 0.6) is 0 Å². The van der Waals surface area contributed by atoms with Crippen molar-refractivity contribution in [2.24, 2.45) is 4.99 Å². The highest BCUT2D eigenvalue weighted by Crippen LogP contribution is 2.14. The van der Waals surface area contributed by atoms with Gasteiger partial charge in [0.2, 0.25) is 0 Å². The Bertz CT molecular complexity index is 336. The molecule has 0 saturated heterocycles. The molecule has 0 aliphatic carbocycles. The Morgan fingerprint density at radius 1 is 1.44 bits per heavy atom. The van der Waals surface area contributed by atoms with Gasteiger partial charge in [-0.15, -0.1) is 0 Å². The van der Waals surface area contributed by atoms with Gasteiger partial charge in [0.1, 0.15) is 11.3 Å². The van der Waals surface area contributed by atoms with Crippen molar-refractivity contribution in [3.63, 3.8) is 0 Å². The van der Waals surface area contributed by atoms with Crippen LogP contribution in [0, 0.1) is 0 Å². The summed E-state index contributed by atoms with van der Waals surface area (Å²) in [5.74, 6) is 0.0561. The van der Waals surface area contributed by atoms with E-state index in [1.807, 2.05) is 33.0 Å². The molecular formula is C13H21N2O+. The van der Waals surface area contributed by atoms with Crippen LogP contribution in [-0.2, 0) is 0 Å². The van der Waals surface area contributed by atoms with Crippen LogP contribution in [0.3, 0.4) is 0 Å². The molecule has 0 aromatic heterocycles. The number of aliphatic imine (C=N–C) groups is 1. The molecule has 0 atom stereocenters. The maximum absolute atomic E-state index is 8.81. The molecule has 0 aliphatic rings. The van der Waals surface area contributed by atoms with Gasteiger partial charge >= 0.3 is 0 Å². The number of nitrogens with zero attached hydrogens (tertiary/aromatic N) is 2. The highest BCUT2D eigenvalue weighted by Gasteiger charge is 2.19. The fourth-order valence-corrected chi connectivity index (χ4v) is 0.909. The van der Waals surface area contributed by atoms with Gasteiger partial charge < -0.3 is 5.11 Å². The lowest BCUT2D eigenvalue weighted by Crippen LogP contribution is -2.17. The minimum Gasteiger partial charge on any atom is -0.509 e. The van der Waals surface area contributed by atoms with E-state index in [1.165, 1.54) is 6.08 Å². The van der Waals surface area contributed by atoms with E-state index in [4.69, 9.17) is 5.11 Å². The van der Waals surface area contributed by atoms with Crippen molar-refractivity contribution in [2.45, 2.75) is 25.8 Å². The summed E-state index contributed by atoms with van der Waals surface area (Å²) in [5, 5.41) is 8.81. The molecule has 0 spiro atoms. The molecule has 0 fully saturated rings. The highest BCUT2D eigenvalue weighted by atomic mass is 16.3. The van der Waals surface area contributed by atoms with Gasteiger partial charge in [-0.1, -0.05) is 29.8 Å². The van der Waals surface area contributed by atoms with Crippen LogP contribution in [0.2, 0.25) is 0 Å². The molecular weight excluding hydrogens is 200 g/mol. The number of hydrogen-bond donors (Lipinski definition) is 1. The zero-order chi connectivity index (χ0) is 12.6. The fraction of sp³-hybridized carbons (Fsp3) is 0.385. The number of hydrogen-bond acceptors (Lipinski definition) is 2. The standard InChI is InChI=1S/C13H20N2O/c1-12(16)9-7-6-8-10-13(2,3)14-11-15(4)5/h6-9,11H,1,4,10H2,2-3,5H3/p+1/b8-6-,9-7-,14-11?. The van der Waals surface area contributed by atoms with E-state index >= 15 is 0 Å². The molecule has 3 heteroatoms. The van der Waals surface area contributed by atoms with Crippen LogP contribution in [-0.4, -0.2) is 35.3 Å². The van der Waals surface area contributed by atoms with Gasteiger partial charge in [0.05, 0.1) is 13.8 Å². The zero-order valence-electron chi connectivity index (χ0n) is 10.3. The Morgan fingerprint density at radius 2 is 2.06 bits per heavy atom. The number of aliphatic hydroxyl groups excluding tert-OH is 1. The molecule has 0 unspecified atom stereocenters. The second-order valence-electron chi connectivity index (χ2n) is 4.30. The highest BCUT2D eigenvalue weighted by molar-refractivity contribution is 5.48. The summed E-state index contributed by atoms with van der Waals surface area (Å²) in [6.07, 6.45) is 9.68. The third-order valence-electron chi connectivity index (χ3n) is 1.76. The Morgan fingerprint density at radius 3 is 2.56 bits per heavy atom. The van der Waals surface area contributed by atoms with Crippen LogP contribution in [0.4, 0.5) is 0 Å². The summed E-state index contributed by atoms with van der Waals surface area (Å²) >= 11 is 0. The Kier molecular flexibility index (Phi) is 6.08. The van der Waals surface area contributed by atoms with Gasteiger partial charge in [-0.3, -0.25) is 0 Å². The first-order valence-corrected chi connectivity index (χ1v) is 5.13. The molecule has 0 aromatic rings. The molecule has 0 aliphatic heterocycles. The molecule has 0 heterocycles. The average molecular weight is 221 g/mol. The number of aliphatic hydroxyl groups is 1. The topological polar surface area (TPSA) is 35.6 Å². The van der Waals surface area contributed by atoms with E-state index < -0.39 is 0 Å². The molecule has 88 valence electrons. The zero-order valence-corrected chi connectivity index (χ0v) is 10.3. The largest absolute Gasteiger partial charge is 0.509 e. The molecule has 0 radical (unpaired) electrons. The van der Waals surface area contributed by atoms with Gasteiger partial charge in [-0.05, 0) is 19.9 Å². The van der Waals surface area contributed by atoms with Crippen molar-refractivity contribution in [2.75, 3.05) is 7.05 Å². The van der Waals surface area contributed by atoms with Crippen LogP contribution in [0.15, 0.2) is 41.6 Å². The third-order valence-corrected chi connectivity index (χ3v) is 1.76. The molecule has 0 amide bonds. The van der Waals surface area contributed by atoms with Crippen LogP contribution in [0.1, 0.15) is 20.3 Å². The maximum Gasteiger partial charge on any atom is 0.279 e. The van der Waals surface area contributed by atoms with Crippen molar-refractivity contribution >= 4 is 13.1 Å². The first-order valence-electron chi connectivity index (χ1n) is 5.13. The summed E-state index contributed by atoms with van der Waals surface area (Å²) in [7, 11) is 1.84. The quantitative estimate of drug-likeness (QED) is 0.242. The van der Waals surface area contributed by atoms with E-state index in [0.29, 0.717) is 0 Å². The summed E-state index contributed by atoms with van der Waals surface area (Å²) in [4.78, 5) is 4.38. The summed E-state index contributed by atoms with van der Waals surface area (Å²) in [5.41, 5.74) is -0.146. The monoisotopic (exact) mass is 221 g/mol. The number of rotatable bonds is 6. The molecule has 0 bridgehead atoms. The van der Waals surface area contributed by atoms with Crippen molar-refractivity contribution in [3.8, 4) is 0 Å². The predicted octanol–water partition coefficient (Wildman–Crippen LogP) is 2.71. The van der Waals surface area contributed by atoms with Crippen molar-refractivity contribution < 1.29 is 9.68 Å². The van der Waals surface area contributed by atoms with Crippen LogP contribution >= 0.6 is 0 Å². The molecule has 0 rings (SSSR count). The minimum atomic E-state index is -0.146. The third kappa shape index (κ3) is 8.94. The molecule has 1 N–H and O–H groups in total. The molecule has 3 nitrogen and oxygen atoms in total. The van der Waals surface area contributed by atoms with Gasteiger partial charge in [0.15, 0.2) is 0 Å². The Hall–Kier alpha value is -1.64. The SMILES string of the molecule is C=C(O)/C=C\C=C/CC(C)(C)N=C[N+](=C)C. The average Bonchev–Trinajstić information content (AvgIpc) is 2.14. The Balaban J connectivity index is 4.18. The van der Waals surface area contributed by atoms with Gasteiger partial charge in [-0.2, -0.15) is 0 Å². The van der Waals surface area contributed by atoms with Crippen LogP contribution < -0.4 is 0 Å². The van der Waals surface area contributed by atoms with Gasteiger partial charge in [0.25, 0.3) is 6.34 Å². The molecule has 16 heavy (non-hydrogen) atoms. The Labute approximate surface area is 97.8 Å². The van der Waals surface area contributed by atoms with Gasteiger partial charge in [0, 0.05) is 6.42 Å². The molecule has 0 saturated carbocycles.